The van der Waals surface area contributed by atoms with E-state index in [1.807, 2.05) is 72.8 Å². The van der Waals surface area contributed by atoms with E-state index in [9.17, 15) is 10.5 Å². The number of nitrogens with zero attached hydrogens (tertiary/aromatic N) is 4. The third kappa shape index (κ3) is 2.66. The van der Waals surface area contributed by atoms with E-state index < -0.39 is 0 Å². The molecule has 0 heterocycles. The zero-order valence-electron chi connectivity index (χ0n) is 16.7. The molecule has 0 fully saturated rings. The first-order valence-corrected chi connectivity index (χ1v) is 9.81. The zero-order valence-corrected chi connectivity index (χ0v) is 16.7. The van der Waals surface area contributed by atoms with E-state index >= 15 is 0 Å². The molecule has 0 N–H and O–H groups in total. The molecule has 0 aliphatic carbocycles. The first kappa shape index (κ1) is 18.8. The second kappa shape index (κ2) is 7.27. The number of hydrogen-bond donors (Lipinski definition) is 0. The maximum atomic E-state index is 9.79. The predicted molar refractivity (Wildman–Crippen MR) is 127 cm³/mol. The van der Waals surface area contributed by atoms with E-state index in [4.69, 9.17) is 13.1 Å². The predicted octanol–water partition coefficient (Wildman–Crippen LogP) is 5.40. The maximum absolute atomic E-state index is 9.79. The summed E-state index contributed by atoms with van der Waals surface area (Å²) < 4.78 is 0. The van der Waals surface area contributed by atoms with Gasteiger partial charge in [-0.25, -0.2) is 20.2 Å². The lowest BCUT2D eigenvalue weighted by Gasteiger charge is -2.12. The monoisotopic (exact) mass is 404 g/mol. The maximum Gasteiger partial charge on any atom is 0.270 e. The summed E-state index contributed by atoms with van der Waals surface area (Å²) in [7, 11) is 0. The molecule has 0 spiro atoms. The Morgan fingerprint density at radius 1 is 0.562 bits per heavy atom. The van der Waals surface area contributed by atoms with Crippen LogP contribution < -0.4 is 10.4 Å². The van der Waals surface area contributed by atoms with Crippen molar-refractivity contribution in [2.75, 3.05) is 0 Å². The Bertz CT molecular complexity index is 1640. The van der Waals surface area contributed by atoms with Gasteiger partial charge in [-0.3, -0.25) is 0 Å². The molecule has 0 aromatic heterocycles. The summed E-state index contributed by atoms with van der Waals surface area (Å²) >= 11 is 0. The van der Waals surface area contributed by atoms with E-state index in [2.05, 4.69) is 21.8 Å². The van der Waals surface area contributed by atoms with Gasteiger partial charge in [0.2, 0.25) is 0 Å². The van der Waals surface area contributed by atoms with Crippen LogP contribution in [0.5, 0.6) is 0 Å². The first-order chi connectivity index (χ1) is 15.7. The largest absolute Gasteiger partial charge is 0.270 e. The van der Waals surface area contributed by atoms with Crippen LogP contribution in [0.1, 0.15) is 0 Å². The highest BCUT2D eigenvalue weighted by Crippen LogP contribution is 2.26. The summed E-state index contributed by atoms with van der Waals surface area (Å²) in [4.78, 5) is 7.05. The third-order valence-corrected chi connectivity index (χ3v) is 5.76. The Morgan fingerprint density at radius 2 is 0.844 bits per heavy atom. The van der Waals surface area contributed by atoms with Crippen LogP contribution in [-0.4, -0.2) is 0 Å². The fourth-order valence-corrected chi connectivity index (χ4v) is 4.38. The molecule has 0 saturated heterocycles. The van der Waals surface area contributed by atoms with E-state index in [1.54, 1.807) is 0 Å². The van der Waals surface area contributed by atoms with Crippen molar-refractivity contribution in [3.63, 3.8) is 0 Å². The van der Waals surface area contributed by atoms with Crippen molar-refractivity contribution < 1.29 is 0 Å². The summed E-state index contributed by atoms with van der Waals surface area (Å²) in [6.45, 7) is 15.3. The minimum absolute atomic E-state index is 0.0153. The lowest BCUT2D eigenvalue weighted by Crippen LogP contribution is -2.18. The van der Waals surface area contributed by atoms with Gasteiger partial charge in [0.1, 0.15) is 0 Å². The van der Waals surface area contributed by atoms with Gasteiger partial charge in [-0.1, -0.05) is 48.5 Å². The molecular weight excluding hydrogens is 392 g/mol. The van der Waals surface area contributed by atoms with Gasteiger partial charge in [-0.15, -0.1) is 0 Å². The Hall–Kier alpha value is -5.16. The van der Waals surface area contributed by atoms with Gasteiger partial charge in [0.05, 0.1) is 25.3 Å². The van der Waals surface area contributed by atoms with Crippen molar-refractivity contribution in [1.29, 1.82) is 10.5 Å². The van der Waals surface area contributed by atoms with Crippen LogP contribution >= 0.6 is 0 Å². The summed E-state index contributed by atoms with van der Waals surface area (Å²) in [5.41, 5.74) is -0.0307. The Balaban J connectivity index is 2.31. The fraction of sp³-hybridized carbons (Fsp3) is 0. The summed E-state index contributed by atoms with van der Waals surface area (Å²) in [5, 5.41) is 27.2. The molecule has 4 heteroatoms. The normalized spacial score (nSPS) is 10.4. The minimum Gasteiger partial charge on any atom is -0.226 e. The summed E-state index contributed by atoms with van der Waals surface area (Å²) in [6, 6.07) is 27.5. The van der Waals surface area contributed by atoms with Crippen LogP contribution in [0.2, 0.25) is 0 Å². The van der Waals surface area contributed by atoms with E-state index in [-0.39, 0.29) is 11.4 Å². The SMILES string of the molecule is [C-]#[N+]C(C#N)=c1c2cc3ccccc3cc2c(=C(C#N)[N+]#[C-])c2cc3ccccc3cc12. The van der Waals surface area contributed by atoms with Crippen LogP contribution in [0, 0.1) is 35.8 Å². The lowest BCUT2D eigenvalue weighted by molar-refractivity contribution is 1.53. The van der Waals surface area contributed by atoms with E-state index in [0.29, 0.717) is 32.0 Å². The molecule has 32 heavy (non-hydrogen) atoms. The van der Waals surface area contributed by atoms with Gasteiger partial charge >= 0.3 is 0 Å². The molecule has 0 aliphatic rings. The smallest absolute Gasteiger partial charge is 0.226 e. The van der Waals surface area contributed by atoms with Crippen LogP contribution in [0.15, 0.2) is 72.8 Å². The quantitative estimate of drug-likeness (QED) is 0.256. The highest BCUT2D eigenvalue weighted by atomic mass is 14.7. The van der Waals surface area contributed by atoms with Gasteiger partial charge in [-0.2, -0.15) is 0 Å². The average Bonchev–Trinajstić information content (AvgIpc) is 2.84. The second-order valence-corrected chi connectivity index (χ2v) is 7.38. The number of hydrogen-bond acceptors (Lipinski definition) is 2. The van der Waals surface area contributed by atoms with Crippen molar-refractivity contribution in [3.05, 3.63) is 106 Å². The molecule has 5 aromatic rings. The molecule has 0 atom stereocenters. The molecule has 4 nitrogen and oxygen atoms in total. The van der Waals surface area contributed by atoms with E-state index in [1.165, 1.54) is 0 Å². The Kier molecular flexibility index (Phi) is 4.28. The van der Waals surface area contributed by atoms with Crippen molar-refractivity contribution in [2.24, 2.45) is 0 Å². The molecule has 0 amide bonds. The van der Waals surface area contributed by atoms with Gasteiger partial charge in [0.25, 0.3) is 11.4 Å². The number of nitriles is 2. The minimum atomic E-state index is -0.0153. The van der Waals surface area contributed by atoms with Crippen molar-refractivity contribution in [2.45, 2.75) is 0 Å². The van der Waals surface area contributed by atoms with Crippen LogP contribution in [0.4, 0.5) is 0 Å². The second-order valence-electron chi connectivity index (χ2n) is 7.38. The number of fused-ring (bicyclic) bond motifs is 4. The summed E-state index contributed by atoms with van der Waals surface area (Å²) in [6.07, 6.45) is 0. The molecule has 5 aromatic carbocycles. The lowest BCUT2D eigenvalue weighted by atomic mass is 9.92. The zero-order chi connectivity index (χ0) is 22.2. The van der Waals surface area contributed by atoms with Crippen LogP contribution in [-0.2, 0) is 0 Å². The fourth-order valence-electron chi connectivity index (χ4n) is 4.38. The molecular formula is C28H12N4. The molecule has 0 aliphatic heterocycles. The number of benzene rings is 5. The van der Waals surface area contributed by atoms with Gasteiger partial charge in [0.15, 0.2) is 0 Å². The Morgan fingerprint density at radius 3 is 1.06 bits per heavy atom. The van der Waals surface area contributed by atoms with E-state index in [0.717, 1.165) is 21.5 Å². The first-order valence-electron chi connectivity index (χ1n) is 9.81. The van der Waals surface area contributed by atoms with Crippen molar-refractivity contribution in [1.82, 2.24) is 0 Å². The standard InChI is InChI=1S/C28H12N4/c1-31-25(15-29)27-21-11-17-7-3-5-9-19(17)13-23(21)28(26(16-30)32-2)24-14-20-10-6-4-8-18(20)12-22(24)27/h3-14H. The third-order valence-electron chi connectivity index (χ3n) is 5.76. The molecule has 0 bridgehead atoms. The topological polar surface area (TPSA) is 56.3 Å². The van der Waals surface area contributed by atoms with Crippen LogP contribution in [0.25, 0.3) is 64.2 Å². The molecule has 0 unspecified atom stereocenters. The average molecular weight is 404 g/mol. The molecule has 0 saturated carbocycles. The highest BCUT2D eigenvalue weighted by molar-refractivity contribution is 6.11. The molecule has 5 rings (SSSR count). The van der Waals surface area contributed by atoms with Gasteiger partial charge in [0, 0.05) is 10.4 Å². The summed E-state index contributed by atoms with van der Waals surface area (Å²) in [5.74, 6) is 0. The molecule has 0 radical (unpaired) electrons. The van der Waals surface area contributed by atoms with Crippen molar-refractivity contribution in [3.8, 4) is 12.1 Å². The Labute approximate surface area is 183 Å². The van der Waals surface area contributed by atoms with Crippen molar-refractivity contribution >= 4 is 54.5 Å². The van der Waals surface area contributed by atoms with Crippen LogP contribution in [0.3, 0.4) is 0 Å². The highest BCUT2D eigenvalue weighted by Gasteiger charge is 2.14. The van der Waals surface area contributed by atoms with Gasteiger partial charge < -0.3 is 0 Å². The number of rotatable bonds is 0. The van der Waals surface area contributed by atoms with Gasteiger partial charge in [-0.05, 0) is 67.4 Å². The molecule has 144 valence electrons.